The van der Waals surface area contributed by atoms with Crippen molar-refractivity contribution in [2.75, 3.05) is 50.0 Å². The van der Waals surface area contributed by atoms with E-state index in [0.717, 1.165) is 58.4 Å². The summed E-state index contributed by atoms with van der Waals surface area (Å²) in [5.74, 6) is 0.608. The van der Waals surface area contributed by atoms with E-state index < -0.39 is 10.0 Å². The van der Waals surface area contributed by atoms with E-state index in [4.69, 9.17) is 0 Å². The topological polar surface area (TPSA) is 64.7 Å². The largest absolute Gasteiger partial charge is 0.385 e. The molecule has 0 atom stereocenters. The summed E-state index contributed by atoms with van der Waals surface area (Å²) in [6, 6.07) is 8.88. The van der Waals surface area contributed by atoms with E-state index in [-0.39, 0.29) is 11.3 Å². The predicted molar refractivity (Wildman–Crippen MR) is 118 cm³/mol. The van der Waals surface area contributed by atoms with Gasteiger partial charge in [0.15, 0.2) is 0 Å². The van der Waals surface area contributed by atoms with Crippen molar-refractivity contribution in [3.8, 4) is 0 Å². The second kappa shape index (κ2) is 9.46. The smallest absolute Gasteiger partial charge is 0.214 e. The number of anilines is 2. The molecule has 0 unspecified atom stereocenters. The zero-order valence-electron chi connectivity index (χ0n) is 17.5. The highest BCUT2D eigenvalue weighted by molar-refractivity contribution is 7.90. The number of hydrogen-bond donors (Lipinski definition) is 2. The summed E-state index contributed by atoms with van der Waals surface area (Å²) in [7, 11) is -0.982. The molecule has 1 saturated heterocycles. The fourth-order valence-electron chi connectivity index (χ4n) is 3.97. The van der Waals surface area contributed by atoms with Crippen molar-refractivity contribution in [3.63, 3.8) is 0 Å². The van der Waals surface area contributed by atoms with E-state index in [9.17, 15) is 8.42 Å². The van der Waals surface area contributed by atoms with Gasteiger partial charge in [-0.2, -0.15) is 0 Å². The predicted octanol–water partition coefficient (Wildman–Crippen LogP) is 2.74. The molecule has 1 saturated carbocycles. The normalized spacial score (nSPS) is 24.5. The van der Waals surface area contributed by atoms with E-state index in [2.05, 4.69) is 51.2 Å². The molecule has 0 spiro atoms. The average molecular weight is 409 g/mol. The van der Waals surface area contributed by atoms with Gasteiger partial charge < -0.3 is 15.1 Å². The van der Waals surface area contributed by atoms with E-state index in [1.165, 1.54) is 11.4 Å². The minimum atomic E-state index is -3.16. The van der Waals surface area contributed by atoms with Crippen LogP contribution in [0, 0.1) is 5.92 Å². The van der Waals surface area contributed by atoms with Crippen molar-refractivity contribution in [2.24, 2.45) is 5.92 Å². The van der Waals surface area contributed by atoms with Crippen LogP contribution in [0.1, 0.15) is 39.5 Å². The third kappa shape index (κ3) is 5.84. The van der Waals surface area contributed by atoms with Crippen LogP contribution in [0.5, 0.6) is 0 Å². The van der Waals surface area contributed by atoms with Crippen LogP contribution in [0.4, 0.5) is 11.4 Å². The maximum absolute atomic E-state index is 12.0. The lowest BCUT2D eigenvalue weighted by molar-refractivity contribution is 0.313. The van der Waals surface area contributed by atoms with Crippen molar-refractivity contribution in [3.05, 3.63) is 24.3 Å². The monoisotopic (exact) mass is 408 g/mol. The summed E-state index contributed by atoms with van der Waals surface area (Å²) in [4.78, 5) is 4.82. The lowest BCUT2D eigenvalue weighted by atomic mass is 9.86. The van der Waals surface area contributed by atoms with Gasteiger partial charge in [-0.3, -0.25) is 0 Å². The minimum absolute atomic E-state index is 0.103. The fraction of sp³-hybridized carbons (Fsp3) is 0.714. The van der Waals surface area contributed by atoms with Gasteiger partial charge in [0.1, 0.15) is 0 Å². The lowest BCUT2D eigenvalue weighted by Gasteiger charge is -2.34. The average Bonchev–Trinajstić information content (AvgIpc) is 2.68. The molecule has 1 heterocycles. The Kier molecular flexibility index (Phi) is 7.23. The van der Waals surface area contributed by atoms with Crippen molar-refractivity contribution in [1.29, 1.82) is 0 Å². The Balaban J connectivity index is 1.41. The van der Waals surface area contributed by atoms with Crippen LogP contribution in [0.2, 0.25) is 0 Å². The Labute approximate surface area is 170 Å². The van der Waals surface area contributed by atoms with Gasteiger partial charge in [0.05, 0.1) is 5.25 Å². The van der Waals surface area contributed by atoms with E-state index in [1.807, 2.05) is 0 Å². The number of piperazine rings is 1. The Morgan fingerprint density at radius 2 is 1.61 bits per heavy atom. The number of likely N-dealkylation sites (N-methyl/N-ethyl adjacent to an activating group) is 1. The number of benzene rings is 1. The van der Waals surface area contributed by atoms with Crippen LogP contribution in [0.3, 0.4) is 0 Å². The summed E-state index contributed by atoms with van der Waals surface area (Å²) in [5.41, 5.74) is 2.47. The number of sulfonamides is 1. The van der Waals surface area contributed by atoms with Gasteiger partial charge in [-0.1, -0.05) is 0 Å². The molecular weight excluding hydrogens is 372 g/mol. The lowest BCUT2D eigenvalue weighted by Crippen LogP contribution is -2.44. The minimum Gasteiger partial charge on any atom is -0.385 e. The quantitative estimate of drug-likeness (QED) is 0.726. The van der Waals surface area contributed by atoms with Crippen molar-refractivity contribution in [1.82, 2.24) is 9.62 Å². The number of nitrogens with one attached hydrogen (secondary N) is 2. The zero-order chi connectivity index (χ0) is 20.1. The van der Waals surface area contributed by atoms with Crippen LogP contribution in [-0.2, 0) is 10.0 Å². The maximum atomic E-state index is 12.0. The van der Waals surface area contributed by atoms with Crippen molar-refractivity contribution < 1.29 is 8.42 Å². The molecule has 1 aromatic rings. The molecule has 2 aliphatic rings. The maximum Gasteiger partial charge on any atom is 0.214 e. The van der Waals surface area contributed by atoms with E-state index >= 15 is 0 Å². The second-order valence-electron chi connectivity index (χ2n) is 8.65. The zero-order valence-corrected chi connectivity index (χ0v) is 18.3. The van der Waals surface area contributed by atoms with E-state index in [0.29, 0.717) is 5.92 Å². The van der Waals surface area contributed by atoms with Gasteiger partial charge in [-0.25, -0.2) is 13.1 Å². The van der Waals surface area contributed by atoms with E-state index in [1.54, 1.807) is 13.8 Å². The van der Waals surface area contributed by atoms with Gasteiger partial charge in [-0.15, -0.1) is 0 Å². The summed E-state index contributed by atoms with van der Waals surface area (Å²) in [5, 5.41) is 3.21. The molecule has 6 nitrogen and oxygen atoms in total. The third-order valence-electron chi connectivity index (χ3n) is 6.13. The Hall–Kier alpha value is -1.31. The molecule has 0 bridgehead atoms. The van der Waals surface area contributed by atoms with Crippen molar-refractivity contribution in [2.45, 2.75) is 50.8 Å². The molecule has 1 aliphatic carbocycles. The van der Waals surface area contributed by atoms with Gasteiger partial charge in [0.25, 0.3) is 0 Å². The molecule has 2 N–H and O–H groups in total. The molecule has 158 valence electrons. The Bertz CT molecular complexity index is 704. The molecule has 0 aromatic heterocycles. The molecule has 1 aromatic carbocycles. The first kappa shape index (κ1) is 21.4. The summed E-state index contributed by atoms with van der Waals surface area (Å²) < 4.78 is 26.9. The highest BCUT2D eigenvalue weighted by Gasteiger charge is 2.26. The highest BCUT2D eigenvalue weighted by atomic mass is 32.2. The first-order valence-corrected chi connectivity index (χ1v) is 12.2. The number of nitrogens with zero attached hydrogens (tertiary/aromatic N) is 2. The van der Waals surface area contributed by atoms with Gasteiger partial charge in [0, 0.05) is 50.1 Å². The first-order valence-electron chi connectivity index (χ1n) is 10.6. The first-order chi connectivity index (χ1) is 13.3. The number of hydrogen-bond acceptors (Lipinski definition) is 5. The van der Waals surface area contributed by atoms with Crippen molar-refractivity contribution >= 4 is 21.4 Å². The van der Waals surface area contributed by atoms with Crippen LogP contribution in [0.25, 0.3) is 0 Å². The number of rotatable bonds is 7. The second-order valence-corrected chi connectivity index (χ2v) is 10.9. The van der Waals surface area contributed by atoms with Gasteiger partial charge in [-0.05, 0) is 76.8 Å². The molecule has 0 radical (unpaired) electrons. The molecule has 28 heavy (non-hydrogen) atoms. The van der Waals surface area contributed by atoms with Crippen LogP contribution >= 0.6 is 0 Å². The van der Waals surface area contributed by atoms with Gasteiger partial charge >= 0.3 is 0 Å². The standard InChI is InChI=1S/C21H36N4O2S/c1-17(2)28(26,27)23-20-6-4-18(5-7-20)16-22-19-8-10-21(11-9-19)25-14-12-24(3)13-15-25/h8-11,17-18,20,22-23H,4-7,12-16H2,1-3H3/t18-,20-. The SMILES string of the molecule is CC(C)S(=O)(=O)N[C@H]1CC[C@H](CNc2ccc(N3CCN(C)CC3)cc2)CC1. The Morgan fingerprint density at radius 1 is 1.00 bits per heavy atom. The summed E-state index contributed by atoms with van der Waals surface area (Å²) in [6.45, 7) is 8.84. The fourth-order valence-corrected chi connectivity index (χ4v) is 4.94. The third-order valence-corrected chi connectivity index (χ3v) is 8.03. The molecular formula is C21H36N4O2S. The summed E-state index contributed by atoms with van der Waals surface area (Å²) >= 11 is 0. The summed E-state index contributed by atoms with van der Waals surface area (Å²) in [6.07, 6.45) is 4.00. The molecule has 7 heteroatoms. The van der Waals surface area contributed by atoms with Crippen LogP contribution in [-0.4, -0.2) is 64.4 Å². The molecule has 0 amide bonds. The van der Waals surface area contributed by atoms with Gasteiger partial charge in [0.2, 0.25) is 10.0 Å². The highest BCUT2D eigenvalue weighted by Crippen LogP contribution is 2.26. The molecule has 1 aliphatic heterocycles. The molecule has 2 fully saturated rings. The van der Waals surface area contributed by atoms with Crippen LogP contribution in [0.15, 0.2) is 24.3 Å². The van der Waals surface area contributed by atoms with Crippen LogP contribution < -0.4 is 14.9 Å². The molecule has 3 rings (SSSR count). The Morgan fingerprint density at radius 3 is 2.18 bits per heavy atom.